The van der Waals surface area contributed by atoms with E-state index in [0.29, 0.717) is 11.4 Å². The van der Waals surface area contributed by atoms with Gasteiger partial charge in [0.1, 0.15) is 23.3 Å². The lowest BCUT2D eigenvalue weighted by Crippen LogP contribution is -2.15. The number of hydrogen-bond donors (Lipinski definition) is 2. The van der Waals surface area contributed by atoms with Gasteiger partial charge in [0.05, 0.1) is 17.7 Å². The molecule has 1 heterocycles. The second-order valence-corrected chi connectivity index (χ2v) is 4.04. The van der Waals surface area contributed by atoms with Crippen molar-refractivity contribution < 1.29 is 14.5 Å². The number of anilines is 2. The highest BCUT2D eigenvalue weighted by molar-refractivity contribution is 6.08. The molecule has 0 aliphatic heterocycles. The molecule has 1 amide bonds. The summed E-state index contributed by atoms with van der Waals surface area (Å²) in [5.74, 6) is -0.207. The molecule has 3 N–H and O–H groups in total. The van der Waals surface area contributed by atoms with Gasteiger partial charge in [-0.05, 0) is 18.2 Å². The number of pyridine rings is 1. The van der Waals surface area contributed by atoms with Crippen LogP contribution in [-0.4, -0.2) is 22.9 Å². The van der Waals surface area contributed by atoms with Crippen molar-refractivity contribution in [2.24, 2.45) is 0 Å². The van der Waals surface area contributed by atoms with Gasteiger partial charge in [0.25, 0.3) is 11.6 Å². The van der Waals surface area contributed by atoms with Crippen LogP contribution in [0.2, 0.25) is 0 Å². The maximum atomic E-state index is 12.2. The van der Waals surface area contributed by atoms with E-state index in [1.54, 1.807) is 24.3 Å². The van der Waals surface area contributed by atoms with E-state index in [-0.39, 0.29) is 11.4 Å². The molecule has 1 aromatic carbocycles. The van der Waals surface area contributed by atoms with Crippen molar-refractivity contribution in [3.63, 3.8) is 0 Å². The van der Waals surface area contributed by atoms with Gasteiger partial charge >= 0.3 is 0 Å². The van der Waals surface area contributed by atoms with Crippen LogP contribution in [0.1, 0.15) is 10.4 Å². The van der Waals surface area contributed by atoms with Gasteiger partial charge in [-0.25, -0.2) is 4.98 Å². The minimum Gasteiger partial charge on any atom is -0.495 e. The summed E-state index contributed by atoms with van der Waals surface area (Å²) in [5.41, 5.74) is 5.29. The molecular weight excluding hydrogens is 276 g/mol. The van der Waals surface area contributed by atoms with Gasteiger partial charge in [0.2, 0.25) is 0 Å². The Balaban J connectivity index is 2.37. The fraction of sp³-hybridized carbons (Fsp3) is 0.0769. The summed E-state index contributed by atoms with van der Waals surface area (Å²) < 4.78 is 5.10. The molecule has 0 saturated carbocycles. The van der Waals surface area contributed by atoms with Crippen LogP contribution in [0.15, 0.2) is 36.5 Å². The minimum atomic E-state index is -0.691. The second-order valence-electron chi connectivity index (χ2n) is 4.04. The molecule has 0 radical (unpaired) electrons. The largest absolute Gasteiger partial charge is 0.495 e. The summed E-state index contributed by atoms with van der Waals surface area (Å²) in [7, 11) is 1.46. The number of rotatable bonds is 4. The van der Waals surface area contributed by atoms with Crippen LogP contribution < -0.4 is 15.8 Å². The van der Waals surface area contributed by atoms with Crippen LogP contribution in [0, 0.1) is 10.1 Å². The van der Waals surface area contributed by atoms with E-state index >= 15 is 0 Å². The zero-order valence-electron chi connectivity index (χ0n) is 11.1. The lowest BCUT2D eigenvalue weighted by Gasteiger charge is -2.10. The van der Waals surface area contributed by atoms with E-state index in [1.165, 1.54) is 7.11 Å². The van der Waals surface area contributed by atoms with Gasteiger partial charge < -0.3 is 15.8 Å². The first-order chi connectivity index (χ1) is 10.0. The van der Waals surface area contributed by atoms with Crippen molar-refractivity contribution in [1.82, 2.24) is 4.98 Å². The van der Waals surface area contributed by atoms with E-state index in [2.05, 4.69) is 10.3 Å². The Morgan fingerprint density at radius 1 is 1.43 bits per heavy atom. The number of benzene rings is 1. The first-order valence-electron chi connectivity index (χ1n) is 5.87. The highest BCUT2D eigenvalue weighted by Gasteiger charge is 2.22. The molecule has 21 heavy (non-hydrogen) atoms. The lowest BCUT2D eigenvalue weighted by atomic mass is 10.2. The third-order valence-corrected chi connectivity index (χ3v) is 2.70. The van der Waals surface area contributed by atoms with Gasteiger partial charge in [-0.3, -0.25) is 14.9 Å². The van der Waals surface area contributed by atoms with Gasteiger partial charge in [0, 0.05) is 0 Å². The van der Waals surface area contributed by atoms with Gasteiger partial charge in [0.15, 0.2) is 0 Å². The molecule has 2 aromatic rings. The number of nitrogens with two attached hydrogens (primary N) is 1. The van der Waals surface area contributed by atoms with E-state index in [4.69, 9.17) is 10.5 Å². The Kier molecular flexibility index (Phi) is 3.98. The lowest BCUT2D eigenvalue weighted by molar-refractivity contribution is -0.385. The molecule has 0 unspecified atom stereocenters. The average Bonchev–Trinajstić information content (AvgIpc) is 2.47. The number of aromatic nitrogens is 1. The minimum absolute atomic E-state index is 0.0192. The summed E-state index contributed by atoms with van der Waals surface area (Å²) in [6.07, 6.45) is 0.951. The molecule has 2 rings (SSSR count). The molecular formula is C13H12N4O4. The molecule has 0 fully saturated rings. The van der Waals surface area contributed by atoms with Crippen molar-refractivity contribution in [3.05, 3.63) is 52.2 Å². The number of hydrogen-bond acceptors (Lipinski definition) is 6. The number of carbonyl (C=O) groups is 1. The highest BCUT2D eigenvalue weighted by Crippen LogP contribution is 2.25. The summed E-state index contributed by atoms with van der Waals surface area (Å²) in [5, 5.41) is 13.5. The van der Waals surface area contributed by atoms with Crippen LogP contribution in [0.25, 0.3) is 0 Å². The topological polar surface area (TPSA) is 120 Å². The standard InChI is InChI=1S/C13H12N4O4/c1-21-11-5-3-2-4-9(11)16-13(18)8-6-12(14)15-7-10(8)17(19)20/h2-7H,1H3,(H2,14,15)(H,16,18). The van der Waals surface area contributed by atoms with Crippen molar-refractivity contribution in [2.75, 3.05) is 18.2 Å². The van der Waals surface area contributed by atoms with E-state index in [9.17, 15) is 14.9 Å². The number of ether oxygens (including phenoxy) is 1. The first-order valence-corrected chi connectivity index (χ1v) is 5.87. The molecule has 0 aliphatic rings. The smallest absolute Gasteiger partial charge is 0.300 e. The van der Waals surface area contributed by atoms with Crippen molar-refractivity contribution in [3.8, 4) is 5.75 Å². The predicted molar refractivity (Wildman–Crippen MR) is 76.3 cm³/mol. The number of nitrogens with one attached hydrogen (secondary N) is 1. The van der Waals surface area contributed by atoms with Gasteiger partial charge in [-0.15, -0.1) is 0 Å². The van der Waals surface area contributed by atoms with Crippen LogP contribution in [0.4, 0.5) is 17.2 Å². The summed E-state index contributed by atoms with van der Waals surface area (Å²) >= 11 is 0. The van der Waals surface area contributed by atoms with Crippen LogP contribution in [-0.2, 0) is 0 Å². The molecule has 0 bridgehead atoms. The van der Waals surface area contributed by atoms with E-state index < -0.39 is 16.5 Å². The van der Waals surface area contributed by atoms with Crippen LogP contribution >= 0.6 is 0 Å². The van der Waals surface area contributed by atoms with Crippen molar-refractivity contribution >= 4 is 23.1 Å². The molecule has 0 atom stereocenters. The van der Waals surface area contributed by atoms with Gasteiger partial charge in [-0.2, -0.15) is 0 Å². The number of nitrogen functional groups attached to an aromatic ring is 1. The molecule has 0 spiro atoms. The van der Waals surface area contributed by atoms with Crippen LogP contribution in [0.5, 0.6) is 5.75 Å². The van der Waals surface area contributed by atoms with E-state index in [1.807, 2.05) is 0 Å². The molecule has 8 heteroatoms. The molecule has 8 nitrogen and oxygen atoms in total. The summed E-state index contributed by atoms with van der Waals surface area (Å²) in [6.45, 7) is 0. The first kappa shape index (κ1) is 14.3. The normalized spacial score (nSPS) is 9.95. The number of carbonyl (C=O) groups excluding carboxylic acids is 1. The quantitative estimate of drug-likeness (QED) is 0.654. The molecule has 108 valence electrons. The number of nitro groups is 1. The monoisotopic (exact) mass is 288 g/mol. The zero-order chi connectivity index (χ0) is 15.4. The summed E-state index contributed by atoms with van der Waals surface area (Å²) in [6, 6.07) is 7.87. The summed E-state index contributed by atoms with van der Waals surface area (Å²) in [4.78, 5) is 26.1. The Bertz CT molecular complexity index is 702. The maximum absolute atomic E-state index is 12.2. The van der Waals surface area contributed by atoms with Crippen molar-refractivity contribution in [2.45, 2.75) is 0 Å². The van der Waals surface area contributed by atoms with Gasteiger partial charge in [-0.1, -0.05) is 12.1 Å². The predicted octanol–water partition coefficient (Wildman–Crippen LogP) is 1.83. The average molecular weight is 288 g/mol. The molecule has 0 saturated heterocycles. The number of para-hydroxylation sites is 2. The Hall–Kier alpha value is -3.16. The SMILES string of the molecule is COc1ccccc1NC(=O)c1cc(N)ncc1[N+](=O)[O-]. The second kappa shape index (κ2) is 5.87. The third kappa shape index (κ3) is 3.06. The Morgan fingerprint density at radius 2 is 2.14 bits per heavy atom. The molecule has 0 aliphatic carbocycles. The van der Waals surface area contributed by atoms with Crippen molar-refractivity contribution in [1.29, 1.82) is 0 Å². The number of amides is 1. The number of nitrogens with zero attached hydrogens (tertiary/aromatic N) is 2. The maximum Gasteiger partial charge on any atom is 0.300 e. The zero-order valence-corrected chi connectivity index (χ0v) is 11.1. The Morgan fingerprint density at radius 3 is 2.81 bits per heavy atom. The fourth-order valence-corrected chi connectivity index (χ4v) is 1.73. The highest BCUT2D eigenvalue weighted by atomic mass is 16.6. The number of methoxy groups -OCH3 is 1. The third-order valence-electron chi connectivity index (χ3n) is 2.70. The fourth-order valence-electron chi connectivity index (χ4n) is 1.73. The Labute approximate surface area is 119 Å². The molecule has 1 aromatic heterocycles. The van der Waals surface area contributed by atoms with Crippen LogP contribution in [0.3, 0.4) is 0 Å². The van der Waals surface area contributed by atoms with E-state index in [0.717, 1.165) is 12.3 Å².